The number of nitrogens with zero attached hydrogens (tertiary/aromatic N) is 3. The number of benzene rings is 1. The maximum Gasteiger partial charge on any atom is 0.191 e. The standard InChI is InChI=1S/C23H41N5O2.HI/c1-18(2)21(28-11-9-27(5)10-12-28)17-26-23(24-4)25-16-20-8-7-19(3)15-22(20)30-14-13-29-6;/h7-8,15,18,21H,9-14,16-17H2,1-6H3,(H2,24,25,26);1H. The summed E-state index contributed by atoms with van der Waals surface area (Å²) in [5.41, 5.74) is 2.29. The number of guanidine groups is 1. The van der Waals surface area contributed by atoms with Crippen LogP contribution in [0.15, 0.2) is 23.2 Å². The first-order valence-electron chi connectivity index (χ1n) is 11.0. The molecule has 1 unspecified atom stereocenters. The van der Waals surface area contributed by atoms with E-state index < -0.39 is 0 Å². The number of nitrogens with one attached hydrogen (secondary N) is 2. The molecular weight excluding hydrogens is 505 g/mol. The Morgan fingerprint density at radius 1 is 1.13 bits per heavy atom. The topological polar surface area (TPSA) is 61.4 Å². The Balaban J connectivity index is 0.00000480. The van der Waals surface area contributed by atoms with Gasteiger partial charge in [0, 0.05) is 65.0 Å². The smallest absolute Gasteiger partial charge is 0.191 e. The van der Waals surface area contributed by atoms with Gasteiger partial charge in [0.05, 0.1) is 6.61 Å². The van der Waals surface area contributed by atoms with E-state index >= 15 is 0 Å². The minimum absolute atomic E-state index is 0. The minimum atomic E-state index is 0. The molecule has 0 spiro atoms. The van der Waals surface area contributed by atoms with Crippen LogP contribution in [-0.2, 0) is 11.3 Å². The Hall–Kier alpha value is -1.10. The monoisotopic (exact) mass is 547 g/mol. The second-order valence-corrected chi connectivity index (χ2v) is 8.41. The van der Waals surface area contributed by atoms with Crippen LogP contribution in [0.25, 0.3) is 0 Å². The number of halogens is 1. The molecule has 1 aliphatic rings. The Kier molecular flexibility index (Phi) is 13.4. The molecule has 0 aromatic heterocycles. The van der Waals surface area contributed by atoms with Gasteiger partial charge in [-0.15, -0.1) is 24.0 Å². The first kappa shape index (κ1) is 27.9. The molecule has 1 heterocycles. The van der Waals surface area contributed by atoms with Crippen LogP contribution in [-0.4, -0.2) is 88.9 Å². The Bertz CT molecular complexity index is 663. The molecule has 1 saturated heterocycles. The molecule has 1 aromatic carbocycles. The summed E-state index contributed by atoms with van der Waals surface area (Å²) in [6.07, 6.45) is 0. The summed E-state index contributed by atoms with van der Waals surface area (Å²) in [7, 11) is 5.70. The van der Waals surface area contributed by atoms with Crippen molar-refractivity contribution in [2.45, 2.75) is 33.4 Å². The predicted octanol–water partition coefficient (Wildman–Crippen LogP) is 2.58. The molecule has 0 amide bonds. The molecule has 1 fully saturated rings. The molecule has 0 aliphatic carbocycles. The number of likely N-dealkylation sites (N-methyl/N-ethyl adjacent to an activating group) is 1. The van der Waals surface area contributed by atoms with Crippen molar-refractivity contribution in [3.05, 3.63) is 29.3 Å². The second kappa shape index (κ2) is 14.9. The van der Waals surface area contributed by atoms with Gasteiger partial charge in [0.15, 0.2) is 5.96 Å². The van der Waals surface area contributed by atoms with E-state index in [4.69, 9.17) is 9.47 Å². The molecule has 2 rings (SSSR count). The van der Waals surface area contributed by atoms with Crippen LogP contribution in [0.4, 0.5) is 0 Å². The molecule has 0 saturated carbocycles. The van der Waals surface area contributed by atoms with Crippen molar-refractivity contribution in [1.82, 2.24) is 20.4 Å². The van der Waals surface area contributed by atoms with E-state index in [1.54, 1.807) is 7.11 Å². The lowest BCUT2D eigenvalue weighted by atomic mass is 10.0. The van der Waals surface area contributed by atoms with E-state index in [0.717, 1.165) is 50.0 Å². The van der Waals surface area contributed by atoms with Crippen LogP contribution in [0.2, 0.25) is 0 Å². The highest BCUT2D eigenvalue weighted by molar-refractivity contribution is 14.0. The molecule has 2 N–H and O–H groups in total. The fraction of sp³-hybridized carbons (Fsp3) is 0.696. The molecular formula is C23H42IN5O2. The second-order valence-electron chi connectivity index (χ2n) is 8.41. The Labute approximate surface area is 206 Å². The third kappa shape index (κ3) is 9.51. The molecule has 178 valence electrons. The van der Waals surface area contributed by atoms with Crippen molar-refractivity contribution in [3.8, 4) is 5.75 Å². The lowest BCUT2D eigenvalue weighted by molar-refractivity contribution is 0.0900. The van der Waals surface area contributed by atoms with Crippen molar-refractivity contribution in [1.29, 1.82) is 0 Å². The lowest BCUT2D eigenvalue weighted by Crippen LogP contribution is -2.55. The normalized spacial score (nSPS) is 16.7. The average Bonchev–Trinajstić information content (AvgIpc) is 2.72. The number of hydrogen-bond donors (Lipinski definition) is 2. The van der Waals surface area contributed by atoms with Gasteiger partial charge in [0.1, 0.15) is 12.4 Å². The fourth-order valence-corrected chi connectivity index (χ4v) is 3.72. The fourth-order valence-electron chi connectivity index (χ4n) is 3.72. The van der Waals surface area contributed by atoms with Gasteiger partial charge in [-0.2, -0.15) is 0 Å². The van der Waals surface area contributed by atoms with E-state index in [1.165, 1.54) is 5.56 Å². The van der Waals surface area contributed by atoms with E-state index in [-0.39, 0.29) is 24.0 Å². The number of aryl methyl sites for hydroxylation is 1. The average molecular weight is 548 g/mol. The number of piperazine rings is 1. The summed E-state index contributed by atoms with van der Waals surface area (Å²) in [5.74, 6) is 2.29. The highest BCUT2D eigenvalue weighted by Gasteiger charge is 2.25. The van der Waals surface area contributed by atoms with Crippen LogP contribution >= 0.6 is 24.0 Å². The highest BCUT2D eigenvalue weighted by Crippen LogP contribution is 2.20. The molecule has 1 aliphatic heterocycles. The van der Waals surface area contributed by atoms with Crippen molar-refractivity contribution in [2.75, 3.05) is 67.1 Å². The first-order chi connectivity index (χ1) is 14.4. The van der Waals surface area contributed by atoms with Gasteiger partial charge in [0.2, 0.25) is 0 Å². The van der Waals surface area contributed by atoms with Crippen LogP contribution in [0.1, 0.15) is 25.0 Å². The summed E-state index contributed by atoms with van der Waals surface area (Å²) in [5, 5.41) is 6.98. The summed E-state index contributed by atoms with van der Waals surface area (Å²) in [6.45, 7) is 13.9. The van der Waals surface area contributed by atoms with Gasteiger partial charge >= 0.3 is 0 Å². The summed E-state index contributed by atoms with van der Waals surface area (Å²) in [6, 6.07) is 6.78. The van der Waals surface area contributed by atoms with Gasteiger partial charge < -0.3 is 25.0 Å². The molecule has 7 nitrogen and oxygen atoms in total. The third-order valence-electron chi connectivity index (χ3n) is 5.69. The lowest BCUT2D eigenvalue weighted by Gasteiger charge is -2.40. The van der Waals surface area contributed by atoms with Gasteiger partial charge in [0.25, 0.3) is 0 Å². The van der Waals surface area contributed by atoms with Crippen molar-refractivity contribution >= 4 is 29.9 Å². The zero-order chi connectivity index (χ0) is 21.9. The highest BCUT2D eigenvalue weighted by atomic mass is 127. The number of aliphatic imine (C=N–C) groups is 1. The van der Waals surface area contributed by atoms with Gasteiger partial charge in [-0.3, -0.25) is 9.89 Å². The number of hydrogen-bond acceptors (Lipinski definition) is 5. The quantitative estimate of drug-likeness (QED) is 0.203. The maximum atomic E-state index is 5.91. The van der Waals surface area contributed by atoms with Gasteiger partial charge in [-0.1, -0.05) is 26.0 Å². The molecule has 0 bridgehead atoms. The van der Waals surface area contributed by atoms with Crippen molar-refractivity contribution in [3.63, 3.8) is 0 Å². The number of rotatable bonds is 10. The van der Waals surface area contributed by atoms with Crippen molar-refractivity contribution < 1.29 is 9.47 Å². The van der Waals surface area contributed by atoms with Crippen LogP contribution in [0.5, 0.6) is 5.75 Å². The zero-order valence-corrected chi connectivity index (χ0v) is 22.4. The minimum Gasteiger partial charge on any atom is -0.491 e. The van der Waals surface area contributed by atoms with E-state index in [1.807, 2.05) is 7.05 Å². The zero-order valence-electron chi connectivity index (χ0n) is 20.1. The van der Waals surface area contributed by atoms with Crippen molar-refractivity contribution in [2.24, 2.45) is 10.9 Å². The number of ether oxygens (including phenoxy) is 2. The maximum absolute atomic E-state index is 5.91. The van der Waals surface area contributed by atoms with Crippen LogP contribution in [0, 0.1) is 12.8 Å². The summed E-state index contributed by atoms with van der Waals surface area (Å²) in [4.78, 5) is 9.42. The number of methoxy groups -OCH3 is 1. The molecule has 31 heavy (non-hydrogen) atoms. The Morgan fingerprint density at radius 3 is 2.45 bits per heavy atom. The molecule has 1 atom stereocenters. The summed E-state index contributed by atoms with van der Waals surface area (Å²) < 4.78 is 11.0. The predicted molar refractivity (Wildman–Crippen MR) is 140 cm³/mol. The summed E-state index contributed by atoms with van der Waals surface area (Å²) >= 11 is 0. The first-order valence-corrected chi connectivity index (χ1v) is 11.0. The molecule has 0 radical (unpaired) electrons. The van der Waals surface area contributed by atoms with E-state index in [9.17, 15) is 0 Å². The van der Waals surface area contributed by atoms with Gasteiger partial charge in [-0.05, 0) is 31.5 Å². The SMILES string of the molecule is CN=C(NCc1ccc(C)cc1OCCOC)NCC(C(C)C)N1CCN(C)CC1.I. The molecule has 1 aromatic rings. The van der Waals surface area contributed by atoms with E-state index in [0.29, 0.717) is 31.7 Å². The van der Waals surface area contributed by atoms with Crippen LogP contribution < -0.4 is 15.4 Å². The third-order valence-corrected chi connectivity index (χ3v) is 5.69. The van der Waals surface area contributed by atoms with Crippen LogP contribution in [0.3, 0.4) is 0 Å². The molecule has 8 heteroatoms. The van der Waals surface area contributed by atoms with Gasteiger partial charge in [-0.25, -0.2) is 0 Å². The van der Waals surface area contributed by atoms with E-state index in [2.05, 4.69) is 71.4 Å². The Morgan fingerprint density at radius 2 is 1.84 bits per heavy atom. The largest absolute Gasteiger partial charge is 0.491 e.